The third-order valence-corrected chi connectivity index (χ3v) is 6.01. The smallest absolute Gasteiger partial charge is 0.139 e. The molecular weight excluding hydrogens is 344 g/mol. The first-order valence-corrected chi connectivity index (χ1v) is 10.0. The highest BCUT2D eigenvalue weighted by molar-refractivity contribution is 7.16. The van der Waals surface area contributed by atoms with Crippen LogP contribution in [0.15, 0.2) is 35.3 Å². The maximum Gasteiger partial charge on any atom is 0.139 e. The molecule has 3 heterocycles. The maximum atomic E-state index is 5.46. The van der Waals surface area contributed by atoms with Crippen molar-refractivity contribution in [3.05, 3.63) is 40.8 Å². The zero-order chi connectivity index (χ0) is 18.1. The molecule has 0 radical (unpaired) electrons. The van der Waals surface area contributed by atoms with Crippen LogP contribution in [-0.2, 0) is 4.74 Å². The van der Waals surface area contributed by atoms with Crippen LogP contribution in [-0.4, -0.2) is 49.6 Å². The molecule has 0 aliphatic carbocycles. The van der Waals surface area contributed by atoms with E-state index in [0.29, 0.717) is 6.04 Å². The molecular formula is C20H26N4OS. The summed E-state index contributed by atoms with van der Waals surface area (Å²) in [5.41, 5.74) is 3.29. The summed E-state index contributed by atoms with van der Waals surface area (Å²) < 4.78 is 5.46. The van der Waals surface area contributed by atoms with E-state index in [9.17, 15) is 0 Å². The third kappa shape index (κ3) is 3.49. The standard InChI is InChI=1S/C20H26N4OS/c1-13(25-3)10-15-12-24(9-8-21-15)19-16-11-14(2)26-20(16)23-18-7-5-4-6-17(18)22-19/h4-7,11,13,15,21,23H,8-10,12H2,1-3H3/t13-,15-/m0/s1. The molecule has 6 heteroatoms. The van der Waals surface area contributed by atoms with Gasteiger partial charge in [-0.25, -0.2) is 4.99 Å². The first kappa shape index (κ1) is 17.5. The molecule has 0 saturated carbocycles. The number of para-hydroxylation sites is 2. The molecule has 2 atom stereocenters. The number of ether oxygens (including phenoxy) is 1. The van der Waals surface area contributed by atoms with Gasteiger partial charge in [-0.15, -0.1) is 11.3 Å². The number of fused-ring (bicyclic) bond motifs is 2. The Labute approximate surface area is 159 Å². The number of piperazine rings is 1. The Morgan fingerprint density at radius 1 is 1.38 bits per heavy atom. The lowest BCUT2D eigenvalue weighted by molar-refractivity contribution is 0.0929. The van der Waals surface area contributed by atoms with E-state index in [2.05, 4.69) is 53.6 Å². The number of amidine groups is 1. The van der Waals surface area contributed by atoms with Crippen molar-refractivity contribution in [3.8, 4) is 0 Å². The molecule has 2 aromatic rings. The van der Waals surface area contributed by atoms with Gasteiger partial charge in [0.15, 0.2) is 0 Å². The average molecular weight is 371 g/mol. The summed E-state index contributed by atoms with van der Waals surface area (Å²) in [6.07, 6.45) is 1.26. The number of hydrogen-bond acceptors (Lipinski definition) is 6. The fraction of sp³-hybridized carbons (Fsp3) is 0.450. The van der Waals surface area contributed by atoms with Crippen LogP contribution in [0.5, 0.6) is 0 Å². The zero-order valence-electron chi connectivity index (χ0n) is 15.6. The second-order valence-corrected chi connectivity index (χ2v) is 8.31. The molecule has 26 heavy (non-hydrogen) atoms. The Morgan fingerprint density at radius 3 is 3.08 bits per heavy atom. The highest BCUT2D eigenvalue weighted by Crippen LogP contribution is 2.39. The largest absolute Gasteiger partial charge is 0.382 e. The minimum Gasteiger partial charge on any atom is -0.382 e. The van der Waals surface area contributed by atoms with Crippen LogP contribution < -0.4 is 10.6 Å². The van der Waals surface area contributed by atoms with Crippen molar-refractivity contribution >= 4 is 33.5 Å². The van der Waals surface area contributed by atoms with Gasteiger partial charge in [-0.3, -0.25) is 0 Å². The second kappa shape index (κ2) is 7.39. The number of nitrogens with one attached hydrogen (secondary N) is 2. The quantitative estimate of drug-likeness (QED) is 0.861. The van der Waals surface area contributed by atoms with Crippen LogP contribution in [0.1, 0.15) is 23.8 Å². The molecule has 4 rings (SSSR count). The number of nitrogens with zero attached hydrogens (tertiary/aromatic N) is 2. The number of hydrogen-bond donors (Lipinski definition) is 2. The van der Waals surface area contributed by atoms with Gasteiger partial charge >= 0.3 is 0 Å². The molecule has 0 bridgehead atoms. The Morgan fingerprint density at radius 2 is 2.23 bits per heavy atom. The predicted molar refractivity (Wildman–Crippen MR) is 109 cm³/mol. The molecule has 0 unspecified atom stereocenters. The predicted octanol–water partition coefficient (Wildman–Crippen LogP) is 3.89. The highest BCUT2D eigenvalue weighted by atomic mass is 32.1. The lowest BCUT2D eigenvalue weighted by Crippen LogP contribution is -2.53. The maximum absolute atomic E-state index is 5.46. The Hall–Kier alpha value is -1.89. The van der Waals surface area contributed by atoms with Crippen molar-refractivity contribution in [2.24, 2.45) is 4.99 Å². The van der Waals surface area contributed by atoms with Gasteiger partial charge in [-0.05, 0) is 38.5 Å². The van der Waals surface area contributed by atoms with Crippen LogP contribution in [0.25, 0.3) is 0 Å². The average Bonchev–Trinajstić information content (AvgIpc) is 2.93. The van der Waals surface area contributed by atoms with Crippen LogP contribution in [0, 0.1) is 6.92 Å². The minimum atomic E-state index is 0.255. The zero-order valence-corrected chi connectivity index (χ0v) is 16.4. The molecule has 1 saturated heterocycles. The summed E-state index contributed by atoms with van der Waals surface area (Å²) in [6, 6.07) is 11.0. The normalized spacial score (nSPS) is 20.5. The number of aryl methyl sites for hydroxylation is 1. The summed E-state index contributed by atoms with van der Waals surface area (Å²) in [5.74, 6) is 1.08. The monoisotopic (exact) mass is 370 g/mol. The number of methoxy groups -OCH3 is 1. The molecule has 2 aliphatic rings. The molecule has 5 nitrogen and oxygen atoms in total. The van der Waals surface area contributed by atoms with Crippen molar-refractivity contribution in [2.45, 2.75) is 32.4 Å². The Bertz CT molecular complexity index is 816. The molecule has 1 aromatic heterocycles. The van der Waals surface area contributed by atoms with E-state index < -0.39 is 0 Å². The number of benzene rings is 1. The van der Waals surface area contributed by atoms with Gasteiger partial charge in [0.1, 0.15) is 10.8 Å². The molecule has 2 aliphatic heterocycles. The summed E-state index contributed by atoms with van der Waals surface area (Å²) in [5, 5.41) is 8.40. The van der Waals surface area contributed by atoms with Crippen LogP contribution >= 0.6 is 11.3 Å². The molecule has 0 spiro atoms. The number of rotatable bonds is 3. The summed E-state index contributed by atoms with van der Waals surface area (Å²) in [7, 11) is 1.78. The third-order valence-electron chi connectivity index (χ3n) is 5.05. The Kier molecular flexibility index (Phi) is 4.98. The lowest BCUT2D eigenvalue weighted by Gasteiger charge is -2.36. The van der Waals surface area contributed by atoms with Crippen molar-refractivity contribution < 1.29 is 4.74 Å². The Balaban J connectivity index is 1.68. The topological polar surface area (TPSA) is 48.9 Å². The van der Waals surface area contributed by atoms with Gasteiger partial charge in [-0.2, -0.15) is 0 Å². The lowest BCUT2D eigenvalue weighted by atomic mass is 10.1. The van der Waals surface area contributed by atoms with Crippen LogP contribution in [0.4, 0.5) is 16.4 Å². The summed E-state index contributed by atoms with van der Waals surface area (Å²) >= 11 is 1.80. The van der Waals surface area contributed by atoms with E-state index in [1.165, 1.54) is 15.4 Å². The van der Waals surface area contributed by atoms with Crippen molar-refractivity contribution in [2.75, 3.05) is 32.1 Å². The minimum absolute atomic E-state index is 0.255. The summed E-state index contributed by atoms with van der Waals surface area (Å²) in [4.78, 5) is 8.81. The van der Waals surface area contributed by atoms with E-state index in [4.69, 9.17) is 9.73 Å². The highest BCUT2D eigenvalue weighted by Gasteiger charge is 2.28. The molecule has 2 N–H and O–H groups in total. The van der Waals surface area contributed by atoms with E-state index >= 15 is 0 Å². The molecule has 1 aromatic carbocycles. The number of thiophene rings is 1. The van der Waals surface area contributed by atoms with E-state index in [0.717, 1.165) is 43.3 Å². The van der Waals surface area contributed by atoms with E-state index in [1.807, 2.05) is 6.07 Å². The second-order valence-electron chi connectivity index (χ2n) is 7.06. The first-order valence-electron chi connectivity index (χ1n) is 9.20. The molecule has 138 valence electrons. The van der Waals surface area contributed by atoms with Gasteiger partial charge < -0.3 is 20.3 Å². The number of anilines is 2. The van der Waals surface area contributed by atoms with E-state index in [1.54, 1.807) is 18.4 Å². The van der Waals surface area contributed by atoms with Gasteiger partial charge in [0, 0.05) is 37.7 Å². The van der Waals surface area contributed by atoms with Gasteiger partial charge in [0.05, 0.1) is 23.0 Å². The molecule has 1 fully saturated rings. The van der Waals surface area contributed by atoms with Crippen molar-refractivity contribution in [1.82, 2.24) is 10.2 Å². The number of aliphatic imine (C=N–C) groups is 1. The van der Waals surface area contributed by atoms with Crippen molar-refractivity contribution in [1.29, 1.82) is 0 Å². The fourth-order valence-corrected chi connectivity index (χ4v) is 4.58. The fourth-order valence-electron chi connectivity index (χ4n) is 3.66. The van der Waals surface area contributed by atoms with Gasteiger partial charge in [-0.1, -0.05) is 12.1 Å². The van der Waals surface area contributed by atoms with E-state index in [-0.39, 0.29) is 6.10 Å². The molecule has 0 amide bonds. The van der Waals surface area contributed by atoms with Crippen LogP contribution in [0.3, 0.4) is 0 Å². The summed E-state index contributed by atoms with van der Waals surface area (Å²) in [6.45, 7) is 7.17. The SMILES string of the molecule is CO[C@@H](C)C[C@H]1CN(C2=Nc3ccccc3Nc3sc(C)cc32)CCN1. The van der Waals surface area contributed by atoms with Gasteiger partial charge in [0.25, 0.3) is 0 Å². The van der Waals surface area contributed by atoms with Gasteiger partial charge in [0.2, 0.25) is 0 Å². The van der Waals surface area contributed by atoms with Crippen LogP contribution in [0.2, 0.25) is 0 Å². The van der Waals surface area contributed by atoms with Crippen molar-refractivity contribution in [3.63, 3.8) is 0 Å². The first-order chi connectivity index (χ1) is 12.6.